The van der Waals surface area contributed by atoms with E-state index in [1.807, 2.05) is 26.0 Å². The van der Waals surface area contributed by atoms with E-state index in [9.17, 15) is 8.42 Å². The number of aryl methyl sites for hydroxylation is 1. The Morgan fingerprint density at radius 2 is 2.08 bits per heavy atom. The number of halogens is 1. The first-order chi connectivity index (χ1) is 10.9. The molecule has 2 unspecified atom stereocenters. The van der Waals surface area contributed by atoms with Crippen LogP contribution in [0.3, 0.4) is 0 Å². The van der Waals surface area contributed by atoms with Gasteiger partial charge in [-0.25, -0.2) is 8.42 Å². The van der Waals surface area contributed by atoms with Gasteiger partial charge in [0.25, 0.3) is 0 Å². The van der Waals surface area contributed by atoms with Crippen molar-refractivity contribution in [3.63, 3.8) is 0 Å². The number of hydrogen-bond donors (Lipinski definition) is 1. The number of fused-ring (bicyclic) bond motifs is 1. The number of para-hydroxylation sites is 1. The average Bonchev–Trinajstić information content (AvgIpc) is 2.53. The Bertz CT molecular complexity index is 824. The Balaban J connectivity index is 0.00000208. The lowest BCUT2D eigenvalue weighted by atomic mass is 10.00. The summed E-state index contributed by atoms with van der Waals surface area (Å²) in [5.74, 6) is 0. The normalized spacial score (nSPS) is 20.5. The zero-order valence-corrected chi connectivity index (χ0v) is 15.6. The van der Waals surface area contributed by atoms with E-state index < -0.39 is 10.0 Å². The second kappa shape index (κ2) is 7.35. The topological polar surface area (TPSA) is 76.3 Å². The molecule has 1 aliphatic rings. The van der Waals surface area contributed by atoms with Gasteiger partial charge in [-0.15, -0.1) is 12.4 Å². The summed E-state index contributed by atoms with van der Waals surface area (Å²) in [7, 11) is -3.60. The molecule has 7 heteroatoms. The molecule has 3 rings (SSSR count). The summed E-state index contributed by atoms with van der Waals surface area (Å²) in [5.41, 5.74) is 7.59. The van der Waals surface area contributed by atoms with Crippen LogP contribution in [0.25, 0.3) is 10.9 Å². The maximum absolute atomic E-state index is 13.2. The molecule has 1 aliphatic heterocycles. The number of benzene rings is 1. The number of nitrogens with zero attached hydrogens (tertiary/aromatic N) is 2. The highest BCUT2D eigenvalue weighted by Gasteiger charge is 2.36. The molecule has 0 amide bonds. The minimum Gasteiger partial charge on any atom is -0.326 e. The molecule has 132 valence electrons. The third-order valence-electron chi connectivity index (χ3n) is 4.50. The predicted molar refractivity (Wildman–Crippen MR) is 98.9 cm³/mol. The molecule has 5 nitrogen and oxygen atoms in total. The summed E-state index contributed by atoms with van der Waals surface area (Å²) < 4.78 is 28.0. The van der Waals surface area contributed by atoms with Crippen molar-refractivity contribution in [1.82, 2.24) is 9.29 Å². The van der Waals surface area contributed by atoms with Crippen molar-refractivity contribution in [2.24, 2.45) is 5.73 Å². The lowest BCUT2D eigenvalue weighted by Gasteiger charge is -2.37. The van der Waals surface area contributed by atoms with Gasteiger partial charge in [0.2, 0.25) is 10.0 Å². The van der Waals surface area contributed by atoms with E-state index in [-0.39, 0.29) is 29.4 Å². The quantitative estimate of drug-likeness (QED) is 0.902. The van der Waals surface area contributed by atoms with Crippen molar-refractivity contribution in [3.05, 3.63) is 36.0 Å². The van der Waals surface area contributed by atoms with Gasteiger partial charge in [0.1, 0.15) is 4.90 Å². The van der Waals surface area contributed by atoms with Crippen LogP contribution in [0.15, 0.2) is 35.4 Å². The van der Waals surface area contributed by atoms with Gasteiger partial charge in [0.05, 0.1) is 5.52 Å². The molecule has 1 saturated heterocycles. The fourth-order valence-electron chi connectivity index (χ4n) is 3.33. The lowest BCUT2D eigenvalue weighted by molar-refractivity contribution is 0.227. The molecule has 0 aliphatic carbocycles. The Kier molecular flexibility index (Phi) is 5.86. The van der Waals surface area contributed by atoms with Crippen LogP contribution >= 0.6 is 12.4 Å². The van der Waals surface area contributed by atoms with Gasteiger partial charge in [0.15, 0.2) is 0 Å². The predicted octanol–water partition coefficient (Wildman–Crippen LogP) is 2.86. The molecule has 0 saturated carbocycles. The van der Waals surface area contributed by atoms with Crippen LogP contribution in [0.5, 0.6) is 0 Å². The third-order valence-corrected chi connectivity index (χ3v) is 6.46. The number of pyridine rings is 1. The monoisotopic (exact) mass is 369 g/mol. The Hall–Kier alpha value is -1.21. The van der Waals surface area contributed by atoms with Gasteiger partial charge < -0.3 is 5.73 Å². The molecule has 0 radical (unpaired) electrons. The van der Waals surface area contributed by atoms with Gasteiger partial charge in [-0.3, -0.25) is 4.98 Å². The standard InChI is InChI=1S/C17H23N3O2S.ClH/c1-12-10-14-6-5-8-16(17(14)19-11-12)23(21,22)20-9-4-3-7-15(20)13(2)18;/h5-6,8,10-11,13,15H,3-4,7,9,18H2,1-2H3;1H. The van der Waals surface area contributed by atoms with E-state index in [2.05, 4.69) is 4.98 Å². The van der Waals surface area contributed by atoms with Crippen LogP contribution in [-0.4, -0.2) is 36.3 Å². The molecule has 1 aromatic heterocycles. The summed E-state index contributed by atoms with van der Waals surface area (Å²) >= 11 is 0. The van der Waals surface area contributed by atoms with Gasteiger partial charge >= 0.3 is 0 Å². The van der Waals surface area contributed by atoms with Crippen LogP contribution in [0.1, 0.15) is 31.7 Å². The minimum atomic E-state index is -3.60. The fourth-order valence-corrected chi connectivity index (χ4v) is 5.27. The molecule has 2 N–H and O–H groups in total. The number of piperidine rings is 1. The maximum atomic E-state index is 13.2. The first-order valence-electron chi connectivity index (χ1n) is 8.04. The fraction of sp³-hybridized carbons (Fsp3) is 0.471. The number of aromatic nitrogens is 1. The van der Waals surface area contributed by atoms with Crippen LogP contribution < -0.4 is 5.73 Å². The first kappa shape index (κ1) is 19.1. The van der Waals surface area contributed by atoms with E-state index >= 15 is 0 Å². The van der Waals surface area contributed by atoms with Gasteiger partial charge in [-0.2, -0.15) is 4.31 Å². The molecule has 1 aromatic carbocycles. The smallest absolute Gasteiger partial charge is 0.245 e. The van der Waals surface area contributed by atoms with Crippen molar-refractivity contribution < 1.29 is 8.42 Å². The average molecular weight is 370 g/mol. The number of hydrogen-bond acceptors (Lipinski definition) is 4. The molecule has 2 atom stereocenters. The van der Waals surface area contributed by atoms with Gasteiger partial charge in [-0.05, 0) is 44.4 Å². The first-order valence-corrected chi connectivity index (χ1v) is 9.48. The molecule has 2 heterocycles. The largest absolute Gasteiger partial charge is 0.326 e. The molecule has 2 aromatic rings. The molecule has 0 spiro atoms. The minimum absolute atomic E-state index is 0. The van der Waals surface area contributed by atoms with Crippen molar-refractivity contribution in [2.75, 3.05) is 6.54 Å². The van der Waals surface area contributed by atoms with Crippen LogP contribution in [0.4, 0.5) is 0 Å². The molecular weight excluding hydrogens is 346 g/mol. The molecule has 24 heavy (non-hydrogen) atoms. The lowest BCUT2D eigenvalue weighted by Crippen LogP contribution is -2.51. The maximum Gasteiger partial charge on any atom is 0.245 e. The van der Waals surface area contributed by atoms with Crippen LogP contribution in [0, 0.1) is 6.92 Å². The van der Waals surface area contributed by atoms with E-state index in [0.29, 0.717) is 12.1 Å². The van der Waals surface area contributed by atoms with E-state index in [1.165, 1.54) is 0 Å². The SMILES string of the molecule is Cc1cnc2c(S(=O)(=O)N3CCCCC3C(C)N)cccc2c1.Cl. The van der Waals surface area contributed by atoms with Gasteiger partial charge in [0, 0.05) is 30.2 Å². The Labute approximate surface area is 149 Å². The number of nitrogens with two attached hydrogens (primary N) is 1. The second-order valence-corrected chi connectivity index (χ2v) is 8.24. The van der Waals surface area contributed by atoms with Crippen molar-refractivity contribution in [3.8, 4) is 0 Å². The zero-order chi connectivity index (χ0) is 16.6. The summed E-state index contributed by atoms with van der Waals surface area (Å²) in [6.45, 7) is 4.35. The second-order valence-electron chi connectivity index (χ2n) is 6.38. The Morgan fingerprint density at radius 3 is 2.79 bits per heavy atom. The Morgan fingerprint density at radius 1 is 1.33 bits per heavy atom. The van der Waals surface area contributed by atoms with E-state index in [1.54, 1.807) is 22.6 Å². The van der Waals surface area contributed by atoms with Crippen molar-refractivity contribution in [2.45, 2.75) is 50.1 Å². The molecule has 0 bridgehead atoms. The highest BCUT2D eigenvalue weighted by Crippen LogP contribution is 2.30. The molecular formula is C17H24ClN3O2S. The van der Waals surface area contributed by atoms with Crippen molar-refractivity contribution in [1.29, 1.82) is 0 Å². The summed E-state index contributed by atoms with van der Waals surface area (Å²) in [6.07, 6.45) is 4.42. The highest BCUT2D eigenvalue weighted by atomic mass is 35.5. The van der Waals surface area contributed by atoms with E-state index in [0.717, 1.165) is 30.2 Å². The highest BCUT2D eigenvalue weighted by molar-refractivity contribution is 7.89. The van der Waals surface area contributed by atoms with Gasteiger partial charge in [-0.1, -0.05) is 18.6 Å². The number of rotatable bonds is 3. The zero-order valence-electron chi connectivity index (χ0n) is 14.0. The van der Waals surface area contributed by atoms with Crippen LogP contribution in [0.2, 0.25) is 0 Å². The summed E-state index contributed by atoms with van der Waals surface area (Å²) in [4.78, 5) is 4.65. The van der Waals surface area contributed by atoms with E-state index in [4.69, 9.17) is 5.73 Å². The third kappa shape index (κ3) is 3.42. The summed E-state index contributed by atoms with van der Waals surface area (Å²) in [5, 5.41) is 0.848. The number of sulfonamides is 1. The van der Waals surface area contributed by atoms with Crippen LogP contribution in [-0.2, 0) is 10.0 Å². The molecule has 1 fully saturated rings. The van der Waals surface area contributed by atoms with Crippen molar-refractivity contribution >= 4 is 33.3 Å². The summed E-state index contributed by atoms with van der Waals surface area (Å²) in [6, 6.07) is 6.95.